The van der Waals surface area contributed by atoms with Crippen LogP contribution in [0.25, 0.3) is 0 Å². The maximum atomic E-state index is 12.1. The maximum Gasteiger partial charge on any atom is 0.311 e. The summed E-state index contributed by atoms with van der Waals surface area (Å²) in [7, 11) is 0. The van der Waals surface area contributed by atoms with E-state index in [-0.39, 0.29) is 22.9 Å². The number of hydrogen-bond acceptors (Lipinski definition) is 3. The minimum absolute atomic E-state index is 0.0559. The van der Waals surface area contributed by atoms with Crippen molar-refractivity contribution >= 4 is 5.97 Å². The van der Waals surface area contributed by atoms with Crippen LogP contribution in [0.4, 0.5) is 0 Å². The summed E-state index contributed by atoms with van der Waals surface area (Å²) in [5, 5.41) is 0. The van der Waals surface area contributed by atoms with Crippen LogP contribution in [0.1, 0.15) is 74.1 Å². The standard InChI is InChI=1S/C17H34O3/c1-8-16(6,9-2)15(18)19-12-14(5)13-20-17(7,10-3)11-4/h14H,8-13H2,1-7H3. The molecule has 1 unspecified atom stereocenters. The van der Waals surface area contributed by atoms with Gasteiger partial charge in [-0.05, 0) is 39.5 Å². The summed E-state index contributed by atoms with van der Waals surface area (Å²) >= 11 is 0. The number of ether oxygens (including phenoxy) is 2. The Bertz CT molecular complexity index is 278. The summed E-state index contributed by atoms with van der Waals surface area (Å²) in [6, 6.07) is 0. The van der Waals surface area contributed by atoms with E-state index in [0.717, 1.165) is 25.7 Å². The van der Waals surface area contributed by atoms with Crippen molar-refractivity contribution in [3.8, 4) is 0 Å². The summed E-state index contributed by atoms with van der Waals surface area (Å²) in [5.74, 6) is 0.150. The molecule has 0 N–H and O–H groups in total. The topological polar surface area (TPSA) is 35.5 Å². The molecule has 0 aromatic rings. The zero-order valence-electron chi connectivity index (χ0n) is 14.5. The Morgan fingerprint density at radius 3 is 1.85 bits per heavy atom. The van der Waals surface area contributed by atoms with Crippen molar-refractivity contribution in [2.75, 3.05) is 13.2 Å². The fraction of sp³-hybridized carbons (Fsp3) is 0.941. The Kier molecular flexibility index (Phi) is 8.41. The molecule has 0 amide bonds. The van der Waals surface area contributed by atoms with Gasteiger partial charge in [-0.3, -0.25) is 4.79 Å². The molecule has 120 valence electrons. The summed E-state index contributed by atoms with van der Waals surface area (Å²) in [6.07, 6.45) is 3.63. The predicted octanol–water partition coefficient (Wildman–Crippen LogP) is 4.59. The van der Waals surface area contributed by atoms with Gasteiger partial charge in [0.1, 0.15) is 0 Å². The highest BCUT2D eigenvalue weighted by molar-refractivity contribution is 5.76. The first kappa shape index (κ1) is 19.4. The van der Waals surface area contributed by atoms with Crippen molar-refractivity contribution in [3.05, 3.63) is 0 Å². The third-order valence-corrected chi connectivity index (χ3v) is 4.76. The van der Waals surface area contributed by atoms with Crippen molar-refractivity contribution in [2.45, 2.75) is 79.8 Å². The second-order valence-corrected chi connectivity index (χ2v) is 6.44. The molecular formula is C17H34O3. The molecule has 0 radical (unpaired) electrons. The zero-order valence-corrected chi connectivity index (χ0v) is 14.5. The highest BCUT2D eigenvalue weighted by Gasteiger charge is 2.31. The van der Waals surface area contributed by atoms with Crippen molar-refractivity contribution < 1.29 is 14.3 Å². The number of esters is 1. The van der Waals surface area contributed by atoms with Gasteiger partial charge in [-0.15, -0.1) is 0 Å². The molecule has 0 saturated carbocycles. The van der Waals surface area contributed by atoms with E-state index in [1.807, 2.05) is 20.8 Å². The average Bonchev–Trinajstić information content (AvgIpc) is 2.49. The highest BCUT2D eigenvalue weighted by Crippen LogP contribution is 2.27. The Morgan fingerprint density at radius 1 is 0.950 bits per heavy atom. The van der Waals surface area contributed by atoms with Crippen LogP contribution in [0.2, 0.25) is 0 Å². The molecule has 3 nitrogen and oxygen atoms in total. The van der Waals surface area contributed by atoms with Crippen LogP contribution >= 0.6 is 0 Å². The van der Waals surface area contributed by atoms with Gasteiger partial charge < -0.3 is 9.47 Å². The van der Waals surface area contributed by atoms with Crippen LogP contribution in [0.15, 0.2) is 0 Å². The Hall–Kier alpha value is -0.570. The van der Waals surface area contributed by atoms with E-state index in [9.17, 15) is 4.79 Å². The van der Waals surface area contributed by atoms with Crippen molar-refractivity contribution in [2.24, 2.45) is 11.3 Å². The van der Waals surface area contributed by atoms with Gasteiger partial charge in [0.15, 0.2) is 0 Å². The molecule has 1 atom stereocenters. The summed E-state index contributed by atoms with van der Waals surface area (Å²) in [6.45, 7) is 15.6. The lowest BCUT2D eigenvalue weighted by atomic mass is 9.85. The van der Waals surface area contributed by atoms with Gasteiger partial charge in [0, 0.05) is 5.92 Å². The van der Waals surface area contributed by atoms with Crippen LogP contribution in [-0.4, -0.2) is 24.8 Å². The number of carbonyl (C=O) groups excluding carboxylic acids is 1. The van der Waals surface area contributed by atoms with Gasteiger partial charge >= 0.3 is 5.97 Å². The van der Waals surface area contributed by atoms with E-state index in [0.29, 0.717) is 13.2 Å². The first-order valence-corrected chi connectivity index (χ1v) is 8.08. The lowest BCUT2D eigenvalue weighted by Gasteiger charge is -2.29. The molecule has 0 spiro atoms. The van der Waals surface area contributed by atoms with E-state index in [1.54, 1.807) is 0 Å². The fourth-order valence-electron chi connectivity index (χ4n) is 1.78. The van der Waals surface area contributed by atoms with Gasteiger partial charge in [0.25, 0.3) is 0 Å². The van der Waals surface area contributed by atoms with Crippen molar-refractivity contribution in [1.82, 2.24) is 0 Å². The van der Waals surface area contributed by atoms with Gasteiger partial charge in [-0.25, -0.2) is 0 Å². The Morgan fingerprint density at radius 2 is 1.45 bits per heavy atom. The fourth-order valence-corrected chi connectivity index (χ4v) is 1.78. The molecule has 0 rings (SSSR count). The smallest absolute Gasteiger partial charge is 0.311 e. The molecule has 0 aromatic carbocycles. The van der Waals surface area contributed by atoms with Gasteiger partial charge in [-0.1, -0.05) is 34.6 Å². The summed E-state index contributed by atoms with van der Waals surface area (Å²) < 4.78 is 11.4. The van der Waals surface area contributed by atoms with E-state index in [1.165, 1.54) is 0 Å². The number of rotatable bonds is 10. The maximum absolute atomic E-state index is 12.1. The van der Waals surface area contributed by atoms with E-state index >= 15 is 0 Å². The molecule has 3 heteroatoms. The second-order valence-electron chi connectivity index (χ2n) is 6.44. The van der Waals surface area contributed by atoms with Crippen LogP contribution < -0.4 is 0 Å². The van der Waals surface area contributed by atoms with E-state index in [4.69, 9.17) is 9.47 Å². The molecule has 0 aliphatic rings. The largest absolute Gasteiger partial charge is 0.465 e. The lowest BCUT2D eigenvalue weighted by Crippen LogP contribution is -2.32. The molecule has 0 aliphatic carbocycles. The molecule has 0 heterocycles. The Labute approximate surface area is 125 Å². The van der Waals surface area contributed by atoms with Gasteiger partial charge in [0.05, 0.1) is 24.2 Å². The molecule has 0 aromatic heterocycles. The lowest BCUT2D eigenvalue weighted by molar-refractivity contribution is -0.158. The summed E-state index contributed by atoms with van der Waals surface area (Å²) in [4.78, 5) is 12.1. The van der Waals surface area contributed by atoms with Crippen LogP contribution in [0.5, 0.6) is 0 Å². The summed E-state index contributed by atoms with van der Waals surface area (Å²) in [5.41, 5.74) is -0.401. The van der Waals surface area contributed by atoms with E-state index < -0.39 is 0 Å². The molecule has 0 saturated heterocycles. The number of carbonyl (C=O) groups is 1. The second kappa shape index (κ2) is 8.66. The van der Waals surface area contributed by atoms with Crippen molar-refractivity contribution in [1.29, 1.82) is 0 Å². The monoisotopic (exact) mass is 286 g/mol. The molecular weight excluding hydrogens is 252 g/mol. The molecule has 0 aliphatic heterocycles. The zero-order chi connectivity index (χ0) is 15.8. The SMILES string of the molecule is CCC(C)(CC)OCC(C)COC(=O)C(C)(CC)CC. The predicted molar refractivity (Wildman–Crippen MR) is 83.8 cm³/mol. The van der Waals surface area contributed by atoms with Gasteiger partial charge in [0.2, 0.25) is 0 Å². The minimum atomic E-state index is -0.345. The number of hydrogen-bond donors (Lipinski definition) is 0. The van der Waals surface area contributed by atoms with Crippen LogP contribution in [-0.2, 0) is 14.3 Å². The normalized spacial score (nSPS) is 14.2. The third kappa shape index (κ3) is 5.82. The first-order valence-electron chi connectivity index (χ1n) is 8.08. The highest BCUT2D eigenvalue weighted by atomic mass is 16.5. The van der Waals surface area contributed by atoms with Gasteiger partial charge in [-0.2, -0.15) is 0 Å². The van der Waals surface area contributed by atoms with Crippen LogP contribution in [0, 0.1) is 11.3 Å². The Balaban J connectivity index is 4.18. The van der Waals surface area contributed by atoms with E-state index in [2.05, 4.69) is 27.7 Å². The molecule has 20 heavy (non-hydrogen) atoms. The van der Waals surface area contributed by atoms with Crippen LogP contribution in [0.3, 0.4) is 0 Å². The molecule has 0 bridgehead atoms. The first-order chi connectivity index (χ1) is 9.26. The third-order valence-electron chi connectivity index (χ3n) is 4.76. The van der Waals surface area contributed by atoms with Crippen molar-refractivity contribution in [3.63, 3.8) is 0 Å². The quantitative estimate of drug-likeness (QED) is 0.551. The average molecular weight is 286 g/mol. The molecule has 0 fully saturated rings. The minimum Gasteiger partial charge on any atom is -0.465 e.